The van der Waals surface area contributed by atoms with Crippen molar-refractivity contribution < 1.29 is 17.9 Å². The first kappa shape index (κ1) is 21.3. The first-order chi connectivity index (χ1) is 15.0. The number of benzene rings is 2. The highest BCUT2D eigenvalue weighted by molar-refractivity contribution is 7.89. The highest BCUT2D eigenvalue weighted by Gasteiger charge is 2.26. The number of ether oxygens (including phenoxy) is 1. The largest absolute Gasteiger partial charge is 0.379 e. The Labute approximate surface area is 181 Å². The van der Waals surface area contributed by atoms with E-state index in [1.165, 1.54) is 28.6 Å². The van der Waals surface area contributed by atoms with Crippen LogP contribution < -0.4 is 16.0 Å². The van der Waals surface area contributed by atoms with Crippen molar-refractivity contribution in [1.82, 2.24) is 14.9 Å². The molecule has 2 heterocycles. The lowest BCUT2D eigenvalue weighted by atomic mass is 10.2. The zero-order chi connectivity index (χ0) is 21.7. The third kappa shape index (κ3) is 5.22. The first-order valence-corrected chi connectivity index (χ1v) is 11.6. The monoisotopic (exact) mass is 443 g/mol. The first-order valence-electron chi connectivity index (χ1n) is 10.1. The molecule has 0 radical (unpaired) electrons. The molecule has 10 heteroatoms. The van der Waals surface area contributed by atoms with Gasteiger partial charge in [0.1, 0.15) is 0 Å². The number of carbonyl (C=O) groups excluding carboxylic acids is 1. The number of carbonyl (C=O) groups is 1. The van der Waals surface area contributed by atoms with E-state index in [4.69, 9.17) is 4.74 Å². The Hall–Kier alpha value is -2.95. The van der Waals surface area contributed by atoms with Gasteiger partial charge in [0.15, 0.2) is 5.96 Å². The number of nitrogens with one attached hydrogen (secondary N) is 3. The van der Waals surface area contributed by atoms with Crippen molar-refractivity contribution in [2.75, 3.05) is 44.7 Å². The summed E-state index contributed by atoms with van der Waals surface area (Å²) in [5.74, 6) is 0.502. The topological polar surface area (TPSA) is 112 Å². The van der Waals surface area contributed by atoms with Gasteiger partial charge in [-0.15, -0.1) is 0 Å². The SMILES string of the molecule is O=C(NCc1ccc(NC2=NCCN2)cc1)c1ccc(S(=O)(=O)N2CCOCC2)cc1. The normalized spacial score (nSPS) is 17.0. The Balaban J connectivity index is 1.32. The molecule has 9 nitrogen and oxygen atoms in total. The molecule has 3 N–H and O–H groups in total. The molecule has 1 saturated heterocycles. The number of sulfonamides is 1. The molecule has 1 fully saturated rings. The van der Waals surface area contributed by atoms with Crippen LogP contribution >= 0.6 is 0 Å². The molecule has 0 aromatic heterocycles. The minimum atomic E-state index is -3.57. The smallest absolute Gasteiger partial charge is 0.251 e. The number of amides is 1. The number of rotatable bonds is 6. The van der Waals surface area contributed by atoms with Crippen molar-refractivity contribution in [1.29, 1.82) is 0 Å². The van der Waals surface area contributed by atoms with Crippen LogP contribution in [0.5, 0.6) is 0 Å². The Morgan fingerprint density at radius 1 is 1.06 bits per heavy atom. The van der Waals surface area contributed by atoms with Crippen molar-refractivity contribution in [3.63, 3.8) is 0 Å². The molecular formula is C21H25N5O4S. The fourth-order valence-electron chi connectivity index (χ4n) is 3.32. The van der Waals surface area contributed by atoms with Crippen LogP contribution in [0.2, 0.25) is 0 Å². The van der Waals surface area contributed by atoms with Crippen LogP contribution in [0, 0.1) is 0 Å². The predicted molar refractivity (Wildman–Crippen MR) is 118 cm³/mol. The molecule has 1 amide bonds. The van der Waals surface area contributed by atoms with Crippen LogP contribution in [-0.4, -0.2) is 64.0 Å². The molecule has 0 bridgehead atoms. The molecule has 0 spiro atoms. The van der Waals surface area contributed by atoms with Crippen molar-refractivity contribution in [2.24, 2.45) is 4.99 Å². The van der Waals surface area contributed by atoms with E-state index in [-0.39, 0.29) is 10.8 Å². The Morgan fingerprint density at radius 2 is 1.77 bits per heavy atom. The fourth-order valence-corrected chi connectivity index (χ4v) is 4.73. The molecule has 0 aliphatic carbocycles. The predicted octanol–water partition coefficient (Wildman–Crippen LogP) is 1.01. The third-order valence-corrected chi connectivity index (χ3v) is 6.98. The lowest BCUT2D eigenvalue weighted by molar-refractivity contribution is 0.0730. The molecule has 2 aromatic carbocycles. The Kier molecular flexibility index (Phi) is 6.50. The second-order valence-electron chi connectivity index (χ2n) is 7.20. The molecule has 0 atom stereocenters. The average molecular weight is 444 g/mol. The van der Waals surface area contributed by atoms with E-state index in [9.17, 15) is 13.2 Å². The summed E-state index contributed by atoms with van der Waals surface area (Å²) in [5.41, 5.74) is 2.27. The summed E-state index contributed by atoms with van der Waals surface area (Å²) in [6.45, 7) is 3.43. The van der Waals surface area contributed by atoms with E-state index in [0.29, 0.717) is 38.4 Å². The molecule has 31 heavy (non-hydrogen) atoms. The van der Waals surface area contributed by atoms with E-state index >= 15 is 0 Å². The zero-order valence-corrected chi connectivity index (χ0v) is 17.8. The second kappa shape index (κ2) is 9.46. The molecule has 164 valence electrons. The summed E-state index contributed by atoms with van der Waals surface area (Å²) >= 11 is 0. The lowest BCUT2D eigenvalue weighted by Gasteiger charge is -2.26. The third-order valence-electron chi connectivity index (χ3n) is 5.07. The maximum atomic E-state index is 12.7. The molecule has 0 unspecified atom stereocenters. The Bertz CT molecular complexity index is 1050. The average Bonchev–Trinajstić information content (AvgIpc) is 3.32. The summed E-state index contributed by atoms with van der Waals surface area (Å²) < 4.78 is 32.0. The van der Waals surface area contributed by atoms with Crippen LogP contribution in [0.15, 0.2) is 58.4 Å². The second-order valence-corrected chi connectivity index (χ2v) is 9.14. The molecule has 0 saturated carbocycles. The van der Waals surface area contributed by atoms with Gasteiger partial charge in [-0.25, -0.2) is 8.42 Å². The Morgan fingerprint density at radius 3 is 2.42 bits per heavy atom. The number of anilines is 1. The summed E-state index contributed by atoms with van der Waals surface area (Å²) in [5, 5.41) is 9.20. The standard InChI is InChI=1S/C21H25N5O4S/c27-20(24-15-16-1-5-18(6-2-16)25-21-22-9-10-23-21)17-3-7-19(8-4-17)31(28,29)26-11-13-30-14-12-26/h1-8H,9-15H2,(H,24,27)(H2,22,23,25). The fraction of sp³-hybridized carbons (Fsp3) is 0.333. The van der Waals surface area contributed by atoms with E-state index in [1.807, 2.05) is 24.3 Å². The maximum absolute atomic E-state index is 12.7. The van der Waals surface area contributed by atoms with Crippen molar-refractivity contribution in [3.05, 3.63) is 59.7 Å². The number of morpholine rings is 1. The van der Waals surface area contributed by atoms with Gasteiger partial charge >= 0.3 is 0 Å². The molecular weight excluding hydrogens is 418 g/mol. The summed E-state index contributed by atoms with van der Waals surface area (Å²) in [6, 6.07) is 13.7. The van der Waals surface area contributed by atoms with E-state index in [1.54, 1.807) is 0 Å². The van der Waals surface area contributed by atoms with E-state index < -0.39 is 10.0 Å². The summed E-state index contributed by atoms with van der Waals surface area (Å²) in [7, 11) is -3.57. The highest BCUT2D eigenvalue weighted by atomic mass is 32.2. The number of guanidine groups is 1. The van der Waals surface area contributed by atoms with Crippen LogP contribution in [0.3, 0.4) is 0 Å². The zero-order valence-electron chi connectivity index (χ0n) is 17.0. The van der Waals surface area contributed by atoms with Crippen LogP contribution in [0.25, 0.3) is 0 Å². The van der Waals surface area contributed by atoms with Gasteiger partial charge in [0.25, 0.3) is 5.91 Å². The van der Waals surface area contributed by atoms with Gasteiger partial charge in [-0.1, -0.05) is 12.1 Å². The number of hydrogen-bond acceptors (Lipinski definition) is 7. The van der Waals surface area contributed by atoms with Gasteiger partial charge < -0.3 is 20.7 Å². The van der Waals surface area contributed by atoms with E-state index in [2.05, 4.69) is 20.9 Å². The molecule has 2 aliphatic rings. The molecule has 2 aliphatic heterocycles. The van der Waals surface area contributed by atoms with Gasteiger partial charge in [0, 0.05) is 37.4 Å². The number of hydrogen-bond donors (Lipinski definition) is 3. The van der Waals surface area contributed by atoms with Gasteiger partial charge in [0.2, 0.25) is 10.0 Å². The van der Waals surface area contributed by atoms with Gasteiger partial charge in [-0.05, 0) is 42.0 Å². The van der Waals surface area contributed by atoms with Gasteiger partial charge in [-0.3, -0.25) is 9.79 Å². The summed E-state index contributed by atoms with van der Waals surface area (Å²) in [4.78, 5) is 16.9. The molecule has 4 rings (SSSR count). The van der Waals surface area contributed by atoms with Crippen LogP contribution in [-0.2, 0) is 21.3 Å². The number of aliphatic imine (C=N–C) groups is 1. The minimum absolute atomic E-state index is 0.176. The van der Waals surface area contributed by atoms with Crippen LogP contribution in [0.4, 0.5) is 5.69 Å². The number of nitrogens with zero attached hydrogens (tertiary/aromatic N) is 2. The van der Waals surface area contributed by atoms with Crippen molar-refractivity contribution >= 4 is 27.6 Å². The molecule has 2 aromatic rings. The van der Waals surface area contributed by atoms with Crippen molar-refractivity contribution in [3.8, 4) is 0 Å². The van der Waals surface area contributed by atoms with E-state index in [0.717, 1.165) is 30.3 Å². The van der Waals surface area contributed by atoms with Gasteiger partial charge in [-0.2, -0.15) is 4.31 Å². The maximum Gasteiger partial charge on any atom is 0.251 e. The van der Waals surface area contributed by atoms with Crippen molar-refractivity contribution in [2.45, 2.75) is 11.4 Å². The quantitative estimate of drug-likeness (QED) is 0.614. The minimum Gasteiger partial charge on any atom is -0.379 e. The lowest BCUT2D eigenvalue weighted by Crippen LogP contribution is -2.40. The highest BCUT2D eigenvalue weighted by Crippen LogP contribution is 2.18. The van der Waals surface area contributed by atoms with Gasteiger partial charge in [0.05, 0.1) is 24.7 Å². The van der Waals surface area contributed by atoms with Crippen LogP contribution in [0.1, 0.15) is 15.9 Å². The summed E-state index contributed by atoms with van der Waals surface area (Å²) in [6.07, 6.45) is 0.